The maximum Gasteiger partial charge on any atom is 0.303 e. The van der Waals surface area contributed by atoms with E-state index in [2.05, 4.69) is 0 Å². The normalized spacial score (nSPS) is 11.3. The molecule has 110 valence electrons. The number of carbonyl (C=O) groups excluding carboxylic acids is 2. The third kappa shape index (κ3) is 3.13. The Hall–Kier alpha value is -3.13. The lowest BCUT2D eigenvalue weighted by molar-refractivity contribution is -0.116. The molecule has 0 saturated carbocycles. The molecule has 0 aliphatic rings. The minimum Gasteiger partial charge on any atom is -0.399 e. The fraction of sp³-hybridized carbons (Fsp3) is 0.0588. The van der Waals surface area contributed by atoms with Crippen LogP contribution in [0.1, 0.15) is 11.6 Å². The highest BCUT2D eigenvalue weighted by molar-refractivity contribution is 6.07. The smallest absolute Gasteiger partial charge is 0.303 e. The number of carbonyl (C=O) groups is 2. The number of amides is 1. The van der Waals surface area contributed by atoms with Gasteiger partial charge in [-0.1, -0.05) is 18.2 Å². The summed E-state index contributed by atoms with van der Waals surface area (Å²) in [6.07, 6.45) is 5.75. The molecule has 0 heterocycles. The third-order valence-corrected chi connectivity index (χ3v) is 3.11. The minimum atomic E-state index is -0.967. The van der Waals surface area contributed by atoms with Crippen molar-refractivity contribution in [2.75, 3.05) is 10.6 Å². The van der Waals surface area contributed by atoms with Crippen molar-refractivity contribution in [2.45, 2.75) is 6.04 Å². The summed E-state index contributed by atoms with van der Waals surface area (Å²) in [7, 11) is 0. The van der Waals surface area contributed by atoms with E-state index in [1.165, 1.54) is 18.2 Å². The van der Waals surface area contributed by atoms with E-state index in [0.29, 0.717) is 17.5 Å². The second-order valence-corrected chi connectivity index (χ2v) is 4.55. The number of nitrogens with two attached hydrogens (primary N) is 1. The Kier molecular flexibility index (Phi) is 4.54. The number of rotatable bonds is 4. The van der Waals surface area contributed by atoms with Gasteiger partial charge in [-0.15, -0.1) is 6.42 Å². The van der Waals surface area contributed by atoms with Crippen LogP contribution in [0, 0.1) is 18.2 Å². The van der Waals surface area contributed by atoms with E-state index in [1.807, 2.05) is 5.92 Å². The van der Waals surface area contributed by atoms with Crippen LogP contribution >= 0.6 is 0 Å². The molecule has 22 heavy (non-hydrogen) atoms. The van der Waals surface area contributed by atoms with E-state index in [-0.39, 0.29) is 5.69 Å². The molecule has 1 amide bonds. The maximum atomic E-state index is 13.4. The highest BCUT2D eigenvalue weighted by Crippen LogP contribution is 2.27. The predicted molar refractivity (Wildman–Crippen MR) is 82.4 cm³/mol. The topological polar surface area (TPSA) is 63.4 Å². The highest BCUT2D eigenvalue weighted by Gasteiger charge is 2.25. The fourth-order valence-corrected chi connectivity index (χ4v) is 2.08. The monoisotopic (exact) mass is 296 g/mol. The number of benzene rings is 2. The van der Waals surface area contributed by atoms with E-state index in [9.17, 15) is 14.0 Å². The Bertz CT molecular complexity index is 735. The van der Waals surface area contributed by atoms with Crippen LogP contribution in [-0.2, 0) is 9.59 Å². The first-order chi connectivity index (χ1) is 10.6. The van der Waals surface area contributed by atoms with Crippen LogP contribution in [0.15, 0.2) is 48.5 Å². The average Bonchev–Trinajstić information content (AvgIpc) is 2.53. The second-order valence-electron chi connectivity index (χ2n) is 4.55. The van der Waals surface area contributed by atoms with Gasteiger partial charge in [0, 0.05) is 11.4 Å². The van der Waals surface area contributed by atoms with E-state index in [1.54, 1.807) is 24.3 Å². The summed E-state index contributed by atoms with van der Waals surface area (Å²) in [5, 5.41) is 0. The molecule has 2 aromatic rings. The zero-order valence-electron chi connectivity index (χ0n) is 11.6. The van der Waals surface area contributed by atoms with Crippen molar-refractivity contribution in [2.24, 2.45) is 0 Å². The fourth-order valence-electron chi connectivity index (χ4n) is 2.08. The van der Waals surface area contributed by atoms with Gasteiger partial charge in [0.1, 0.15) is 18.1 Å². The highest BCUT2D eigenvalue weighted by atomic mass is 19.1. The lowest BCUT2D eigenvalue weighted by Gasteiger charge is -2.26. The van der Waals surface area contributed by atoms with Crippen LogP contribution in [-0.4, -0.2) is 12.2 Å². The number of anilines is 2. The molecule has 2 aromatic carbocycles. The molecule has 0 aliphatic heterocycles. The number of nitrogen functional groups attached to an aromatic ring is 1. The van der Waals surface area contributed by atoms with Crippen molar-refractivity contribution in [3.8, 4) is 12.3 Å². The van der Waals surface area contributed by atoms with E-state index >= 15 is 0 Å². The van der Waals surface area contributed by atoms with Gasteiger partial charge in [-0.3, -0.25) is 9.69 Å². The first-order valence-corrected chi connectivity index (χ1v) is 6.43. The lowest BCUT2D eigenvalue weighted by atomic mass is 10.0. The van der Waals surface area contributed by atoms with E-state index in [4.69, 9.17) is 12.2 Å². The average molecular weight is 296 g/mol. The summed E-state index contributed by atoms with van der Waals surface area (Å²) in [5.41, 5.74) is 6.86. The standard InChI is InChI=1S/C17H13FN2O2/c1-2-17(22)20(15-5-3-4-13(18)10-15)16(11-21)12-6-8-14(19)9-7-12/h1,3-11,16H,19H2. The van der Waals surface area contributed by atoms with Gasteiger partial charge in [-0.05, 0) is 41.8 Å². The van der Waals surface area contributed by atoms with Gasteiger partial charge in [0.15, 0.2) is 0 Å². The Labute approximate surface area is 127 Å². The van der Waals surface area contributed by atoms with E-state index in [0.717, 1.165) is 11.0 Å². The number of nitrogens with zero attached hydrogens (tertiary/aromatic N) is 1. The Morgan fingerprint density at radius 2 is 1.95 bits per heavy atom. The van der Waals surface area contributed by atoms with Crippen molar-refractivity contribution in [3.05, 3.63) is 59.9 Å². The Morgan fingerprint density at radius 1 is 1.27 bits per heavy atom. The molecule has 0 bridgehead atoms. The van der Waals surface area contributed by atoms with Crippen LogP contribution in [0.3, 0.4) is 0 Å². The first kappa shape index (κ1) is 15.3. The molecule has 4 nitrogen and oxygen atoms in total. The predicted octanol–water partition coefficient (Wildman–Crippen LogP) is 2.31. The Morgan fingerprint density at radius 3 is 2.50 bits per heavy atom. The van der Waals surface area contributed by atoms with Crippen LogP contribution in [0.4, 0.5) is 15.8 Å². The maximum absolute atomic E-state index is 13.4. The summed E-state index contributed by atoms with van der Waals surface area (Å²) >= 11 is 0. The first-order valence-electron chi connectivity index (χ1n) is 6.43. The number of terminal acetylenes is 1. The zero-order valence-corrected chi connectivity index (χ0v) is 11.6. The molecule has 2 N–H and O–H groups in total. The molecule has 1 atom stereocenters. The minimum absolute atomic E-state index is 0.205. The number of aldehydes is 1. The summed E-state index contributed by atoms with van der Waals surface area (Å²) < 4.78 is 13.4. The summed E-state index contributed by atoms with van der Waals surface area (Å²) in [6, 6.07) is 10.8. The summed E-state index contributed by atoms with van der Waals surface area (Å²) in [4.78, 5) is 24.6. The molecule has 0 spiro atoms. The molecular formula is C17H13FN2O2. The lowest BCUT2D eigenvalue weighted by Crippen LogP contribution is -2.35. The summed E-state index contributed by atoms with van der Waals surface area (Å²) in [5.74, 6) is 0.690. The molecule has 2 rings (SSSR count). The van der Waals surface area contributed by atoms with Gasteiger partial charge in [0.25, 0.3) is 0 Å². The van der Waals surface area contributed by atoms with Gasteiger partial charge in [0.2, 0.25) is 0 Å². The quantitative estimate of drug-likeness (QED) is 0.535. The van der Waals surface area contributed by atoms with E-state index < -0.39 is 17.8 Å². The van der Waals surface area contributed by atoms with Crippen LogP contribution in [0.2, 0.25) is 0 Å². The molecule has 0 saturated heterocycles. The molecule has 0 aromatic heterocycles. The molecule has 0 radical (unpaired) electrons. The van der Waals surface area contributed by atoms with Crippen molar-refractivity contribution in [3.63, 3.8) is 0 Å². The van der Waals surface area contributed by atoms with Crippen molar-refractivity contribution in [1.29, 1.82) is 0 Å². The van der Waals surface area contributed by atoms with Crippen LogP contribution in [0.25, 0.3) is 0 Å². The van der Waals surface area contributed by atoms with Crippen LogP contribution < -0.4 is 10.6 Å². The van der Waals surface area contributed by atoms with Crippen molar-refractivity contribution in [1.82, 2.24) is 0 Å². The van der Waals surface area contributed by atoms with Gasteiger partial charge >= 0.3 is 5.91 Å². The van der Waals surface area contributed by atoms with Gasteiger partial charge in [0.05, 0.1) is 0 Å². The van der Waals surface area contributed by atoms with Crippen molar-refractivity contribution >= 4 is 23.6 Å². The molecule has 1 unspecified atom stereocenters. The molecular weight excluding hydrogens is 283 g/mol. The SMILES string of the molecule is C#CC(=O)N(c1cccc(F)c1)C(C=O)c1ccc(N)cc1. The zero-order chi connectivity index (χ0) is 16.1. The number of hydrogen-bond donors (Lipinski definition) is 1. The largest absolute Gasteiger partial charge is 0.399 e. The Balaban J connectivity index is 2.52. The van der Waals surface area contributed by atoms with Crippen molar-refractivity contribution < 1.29 is 14.0 Å². The number of hydrogen-bond acceptors (Lipinski definition) is 3. The van der Waals surface area contributed by atoms with Gasteiger partial charge < -0.3 is 10.5 Å². The molecule has 5 heteroatoms. The number of halogens is 1. The van der Waals surface area contributed by atoms with Gasteiger partial charge in [-0.25, -0.2) is 4.39 Å². The van der Waals surface area contributed by atoms with Crippen LogP contribution in [0.5, 0.6) is 0 Å². The third-order valence-electron chi connectivity index (χ3n) is 3.11. The second kappa shape index (κ2) is 6.55. The summed E-state index contributed by atoms with van der Waals surface area (Å²) in [6.45, 7) is 0. The molecule has 0 aliphatic carbocycles. The molecule has 0 fully saturated rings. The van der Waals surface area contributed by atoms with Gasteiger partial charge in [-0.2, -0.15) is 0 Å².